The van der Waals surface area contributed by atoms with Gasteiger partial charge >= 0.3 is 24.4 Å². The lowest BCUT2D eigenvalue weighted by molar-refractivity contribution is -0.138. The summed E-state index contributed by atoms with van der Waals surface area (Å²) >= 11 is 11.3. The average Bonchev–Trinajstić information content (AvgIpc) is 1.60. The van der Waals surface area contributed by atoms with Gasteiger partial charge in [-0.2, -0.15) is 26.3 Å². The number of hydrogen-bond acceptors (Lipinski definition) is 18. The minimum atomic E-state index is -4.79. The molecule has 5 aromatic carbocycles. The number of anilines is 5. The van der Waals surface area contributed by atoms with Crippen LogP contribution >= 0.6 is 23.2 Å². The topological polar surface area (TPSA) is 403 Å². The number of carbonyl (C=O) groups is 12. The molecule has 0 spiro atoms. The number of fused-ring (bicyclic) bond motifs is 1. The largest absolute Gasteiger partial charge is 0.456 e. The number of hydrogen-bond donors (Lipinski definition) is 11. The minimum absolute atomic E-state index is 0.00134. The number of amides is 14. The number of nitrogens with zero attached hydrogens (tertiary/aromatic N) is 3. The van der Waals surface area contributed by atoms with E-state index in [1.54, 1.807) is 0 Å². The summed E-state index contributed by atoms with van der Waals surface area (Å²) in [5.41, 5.74) is -3.65. The number of piperidine rings is 1. The number of rotatable bonds is 37. The smallest absolute Gasteiger partial charge is 0.417 e. The Balaban J connectivity index is 0.667. The van der Waals surface area contributed by atoms with Gasteiger partial charge in [-0.25, -0.2) is 28.3 Å². The predicted octanol–water partition coefficient (Wildman–Crippen LogP) is 11.4. The van der Waals surface area contributed by atoms with Crippen LogP contribution < -0.4 is 68.0 Å². The second-order valence-corrected chi connectivity index (χ2v) is 26.1. The van der Waals surface area contributed by atoms with Gasteiger partial charge in [-0.1, -0.05) is 29.3 Å². The maximum atomic E-state index is 15.0. The molecule has 115 heavy (non-hydrogen) atoms. The van der Waals surface area contributed by atoms with Gasteiger partial charge in [0.1, 0.15) is 58.1 Å². The lowest BCUT2D eigenvalue weighted by atomic mass is 10.0. The predicted molar refractivity (Wildman–Crippen MR) is 397 cm³/mol. The fourth-order valence-corrected chi connectivity index (χ4v) is 11.7. The maximum absolute atomic E-state index is 15.0. The first-order valence-corrected chi connectivity index (χ1v) is 36.1. The first-order valence-electron chi connectivity index (χ1n) is 35.3. The molecule has 7 aromatic rings. The van der Waals surface area contributed by atoms with Crippen LogP contribution in [0.1, 0.15) is 123 Å². The molecule has 2 atom stereocenters. The van der Waals surface area contributed by atoms with E-state index in [4.69, 9.17) is 42.1 Å². The molecule has 4 heterocycles. The van der Waals surface area contributed by atoms with Gasteiger partial charge in [0.25, 0.3) is 23.6 Å². The molecule has 40 heteroatoms. The van der Waals surface area contributed by atoms with Crippen molar-refractivity contribution < 1.29 is 112 Å². The van der Waals surface area contributed by atoms with Gasteiger partial charge in [0.05, 0.1) is 88.2 Å². The summed E-state index contributed by atoms with van der Waals surface area (Å²) in [5.74, 6) is -7.75. The summed E-state index contributed by atoms with van der Waals surface area (Å²) < 4.78 is 132. The van der Waals surface area contributed by atoms with E-state index in [1.165, 1.54) is 67.0 Å². The Morgan fingerprint density at radius 2 is 1.03 bits per heavy atom. The SMILES string of the molecule is O=C(CCCC(=O)Nc1cccc2c1C(=O)N(C1CCC(=O)NC1=O)C2=O)NCCCC[C@H](NC(=O)CCCCNC(=O)c1ccc(Oc2ccc(NC(=O)Nc3ccc(Cl)c(C(F)(F)F)c3)c(F)c2)cn1)C(=O)NCCOCCOCCNC(=O)c1ccc(Oc2ccc(NC(=O)Nc3ccc(Cl)c(C(F)(F)F)c3)c(F)c2)cn1. The highest BCUT2D eigenvalue weighted by Crippen LogP contribution is 2.39. The number of nitrogens with one attached hydrogen (secondary N) is 11. The van der Waals surface area contributed by atoms with Crippen LogP contribution in [-0.4, -0.2) is 151 Å². The van der Waals surface area contributed by atoms with E-state index in [1.807, 2.05) is 0 Å². The summed E-state index contributed by atoms with van der Waals surface area (Å²) in [6.45, 7) is 0.652. The van der Waals surface area contributed by atoms with Crippen molar-refractivity contribution in [1.29, 1.82) is 0 Å². The third-order valence-corrected chi connectivity index (χ3v) is 17.5. The van der Waals surface area contributed by atoms with Crippen molar-refractivity contribution in [3.8, 4) is 23.0 Å². The van der Waals surface area contributed by atoms with E-state index in [2.05, 4.69) is 68.5 Å². The second kappa shape index (κ2) is 40.9. The molecule has 1 fully saturated rings. The minimum Gasteiger partial charge on any atom is -0.456 e. The Morgan fingerprint density at radius 1 is 0.513 bits per heavy atom. The number of benzene rings is 5. The first kappa shape index (κ1) is 86.6. The van der Waals surface area contributed by atoms with Gasteiger partial charge in [-0.3, -0.25) is 58.2 Å². The molecule has 1 unspecified atom stereocenters. The van der Waals surface area contributed by atoms with Gasteiger partial charge in [0.2, 0.25) is 35.4 Å². The number of urea groups is 2. The van der Waals surface area contributed by atoms with Crippen LogP contribution in [0.2, 0.25) is 10.0 Å². The van der Waals surface area contributed by atoms with Crippen molar-refractivity contribution in [3.63, 3.8) is 0 Å². The third kappa shape index (κ3) is 25.8. The number of aromatic nitrogens is 2. The zero-order chi connectivity index (χ0) is 82.9. The quantitative estimate of drug-likeness (QED) is 0.00979. The molecule has 0 bridgehead atoms. The van der Waals surface area contributed by atoms with Gasteiger partial charge in [-0.15, -0.1) is 0 Å². The van der Waals surface area contributed by atoms with E-state index in [9.17, 15) is 88.3 Å². The number of imide groups is 2. The Kier molecular flexibility index (Phi) is 30.8. The number of ether oxygens (including phenoxy) is 4. The van der Waals surface area contributed by atoms with Crippen molar-refractivity contribution >= 4 is 123 Å². The van der Waals surface area contributed by atoms with E-state index >= 15 is 4.39 Å². The van der Waals surface area contributed by atoms with Gasteiger partial charge in [0.15, 0.2) is 0 Å². The van der Waals surface area contributed by atoms with Crippen LogP contribution in [0.5, 0.6) is 23.0 Å². The normalized spacial score (nSPS) is 13.5. The van der Waals surface area contributed by atoms with E-state index in [0.29, 0.717) is 31.4 Å². The molecule has 0 radical (unpaired) electrons. The summed E-state index contributed by atoms with van der Waals surface area (Å²) in [7, 11) is 0. The molecule has 30 nitrogen and oxygen atoms in total. The van der Waals surface area contributed by atoms with E-state index in [0.717, 1.165) is 53.4 Å². The van der Waals surface area contributed by atoms with E-state index in [-0.39, 0.29) is 184 Å². The van der Waals surface area contributed by atoms with Gasteiger partial charge in [-0.05, 0) is 142 Å². The number of halogens is 10. The Hall–Kier alpha value is -12.4. The zero-order valence-corrected chi connectivity index (χ0v) is 61.9. The van der Waals surface area contributed by atoms with Crippen LogP contribution in [0.15, 0.2) is 128 Å². The van der Waals surface area contributed by atoms with Crippen LogP contribution in [0.25, 0.3) is 0 Å². The molecular formula is C75H72Cl2F8N14O16. The fraction of sp³-hybridized carbons (Fsp3) is 0.307. The first-order chi connectivity index (χ1) is 54.9. The molecule has 11 N–H and O–H groups in total. The van der Waals surface area contributed by atoms with Crippen LogP contribution in [0.4, 0.5) is 73.1 Å². The highest BCUT2D eigenvalue weighted by atomic mass is 35.5. The molecule has 2 aliphatic heterocycles. The monoisotopic (exact) mass is 1650 g/mol. The Morgan fingerprint density at radius 3 is 1.56 bits per heavy atom. The number of unbranched alkanes of at least 4 members (excludes halogenated alkanes) is 2. The summed E-state index contributed by atoms with van der Waals surface area (Å²) in [6, 6.07) is 17.5. The second-order valence-electron chi connectivity index (χ2n) is 25.3. The van der Waals surface area contributed by atoms with Crippen molar-refractivity contribution in [1.82, 2.24) is 46.8 Å². The average molecular weight is 1650 g/mol. The Labute approximate surface area is 658 Å². The van der Waals surface area contributed by atoms with E-state index < -0.39 is 122 Å². The zero-order valence-electron chi connectivity index (χ0n) is 60.4. The molecule has 1 saturated heterocycles. The summed E-state index contributed by atoms with van der Waals surface area (Å²) in [6.07, 6.45) is -6.03. The highest BCUT2D eigenvalue weighted by molar-refractivity contribution is 6.32. The number of pyridine rings is 2. The van der Waals surface area contributed by atoms with Crippen LogP contribution in [-0.2, 0) is 50.6 Å². The van der Waals surface area contributed by atoms with Gasteiger partial charge in [0, 0.05) is 75.4 Å². The lowest BCUT2D eigenvalue weighted by Gasteiger charge is -2.27. The van der Waals surface area contributed by atoms with Crippen molar-refractivity contribution in [2.75, 3.05) is 79.2 Å². The standard InChI is InChI=1S/C75H72Cl2F8N14O16/c76-50-19-13-41(35-48(50)74(80,81)82)92-72(110)96-54-21-15-43(37-52(54)78)114-45-17-23-57(90-39-45)66(104)87-28-4-2-10-62(101)95-59(8-1-3-27-86-61(100)11-6-12-63(102)94-56-9-5-7-47-65(56)71(109)99(70(47)108)60-25-26-64(103)98-69(60)107)68(106)89-30-32-113-34-33-112-31-29-88-67(105)58-24-18-46(40-91-58)115-44-16-22-55(53(79)38-44)97-73(111)93-42-14-20-51(77)49(36-42)75(83,84)85/h5,7,9,13-24,35-40,59-60H,1-4,6,8,10-12,25-34H2,(H,86,100)(H,87,104)(H,88,105)(H,89,106)(H,94,102)(H,95,101)(H2,92,96,110)(H2,93,97,111)(H,98,103,107)/t59-,60?/m0/s1. The van der Waals surface area contributed by atoms with Crippen molar-refractivity contribution in [2.24, 2.45) is 0 Å². The molecule has 608 valence electrons. The molecule has 2 aromatic heterocycles. The molecule has 14 amide bonds. The maximum Gasteiger partial charge on any atom is 0.417 e. The third-order valence-electron chi connectivity index (χ3n) is 16.9. The van der Waals surface area contributed by atoms with Crippen LogP contribution in [0, 0.1) is 11.6 Å². The van der Waals surface area contributed by atoms with Crippen LogP contribution in [0.3, 0.4) is 0 Å². The summed E-state index contributed by atoms with van der Waals surface area (Å²) in [4.78, 5) is 163. The van der Waals surface area contributed by atoms with Crippen molar-refractivity contribution in [3.05, 3.63) is 183 Å². The van der Waals surface area contributed by atoms with Gasteiger partial charge < -0.3 is 72.1 Å². The number of carbonyl (C=O) groups excluding carboxylic acids is 12. The summed E-state index contributed by atoms with van der Waals surface area (Å²) in [5, 5.41) is 25.9. The fourth-order valence-electron chi connectivity index (χ4n) is 11.2. The lowest BCUT2D eigenvalue weighted by Crippen LogP contribution is -2.54. The molecular weight excluding hydrogens is 1580 g/mol. The molecule has 0 aliphatic carbocycles. The van der Waals surface area contributed by atoms with Crippen molar-refractivity contribution in [2.45, 2.75) is 95.1 Å². The molecule has 9 rings (SSSR count). The molecule has 0 saturated carbocycles. The number of alkyl halides is 6. The molecule has 2 aliphatic rings. The highest BCUT2D eigenvalue weighted by Gasteiger charge is 2.46. The Bertz CT molecular complexity index is 4780.